The number of aryl methyl sites for hydroxylation is 2. The van der Waals surface area contributed by atoms with E-state index in [1.54, 1.807) is 24.7 Å². The van der Waals surface area contributed by atoms with E-state index in [-0.39, 0.29) is 22.3 Å². The molecule has 0 fully saturated rings. The molecular formula is C13H19N3O4S. The van der Waals surface area contributed by atoms with Crippen molar-refractivity contribution in [1.29, 1.82) is 0 Å². The number of aliphatic hydroxyl groups excluding tert-OH is 1. The maximum Gasteiger partial charge on any atom is 0.265 e. The molecule has 2 rings (SSSR count). The highest BCUT2D eigenvalue weighted by Gasteiger charge is 2.27. The van der Waals surface area contributed by atoms with Gasteiger partial charge in [0.05, 0.1) is 18.5 Å². The largest absolute Gasteiger partial charge is 0.465 e. The Morgan fingerprint density at radius 2 is 2.05 bits per heavy atom. The summed E-state index contributed by atoms with van der Waals surface area (Å²) in [5, 5.41) is 13.4. The lowest BCUT2D eigenvalue weighted by atomic mass is 10.2. The molecule has 0 saturated heterocycles. The average Bonchev–Trinajstić information content (AvgIpc) is 2.93. The standard InChI is InChI=1S/C13H19N3O4S/c1-8(2)16-6-11(5-14-16)15-21(18,19)13-10(4)20-9(3)12(13)7-17/h5-6,8,15,17H,7H2,1-4H3. The van der Waals surface area contributed by atoms with Gasteiger partial charge in [-0.3, -0.25) is 9.40 Å². The van der Waals surface area contributed by atoms with Crippen LogP contribution in [0.15, 0.2) is 21.7 Å². The number of hydrogen-bond acceptors (Lipinski definition) is 5. The van der Waals surface area contributed by atoms with E-state index >= 15 is 0 Å². The average molecular weight is 313 g/mol. The molecule has 21 heavy (non-hydrogen) atoms. The monoisotopic (exact) mass is 313 g/mol. The van der Waals surface area contributed by atoms with E-state index in [4.69, 9.17) is 4.42 Å². The van der Waals surface area contributed by atoms with E-state index in [2.05, 4.69) is 9.82 Å². The van der Waals surface area contributed by atoms with E-state index in [1.807, 2.05) is 13.8 Å². The Balaban J connectivity index is 2.38. The van der Waals surface area contributed by atoms with Gasteiger partial charge in [-0.25, -0.2) is 8.42 Å². The predicted molar refractivity (Wildman–Crippen MR) is 77.5 cm³/mol. The number of aliphatic hydroxyl groups is 1. The van der Waals surface area contributed by atoms with Crippen molar-refractivity contribution in [3.05, 3.63) is 29.5 Å². The molecule has 2 aromatic heterocycles. The minimum absolute atomic E-state index is 0.0141. The first-order chi connectivity index (χ1) is 9.76. The van der Waals surface area contributed by atoms with Gasteiger partial charge in [0, 0.05) is 17.8 Å². The molecule has 0 unspecified atom stereocenters. The fourth-order valence-electron chi connectivity index (χ4n) is 2.12. The molecule has 0 aliphatic carbocycles. The van der Waals surface area contributed by atoms with Crippen molar-refractivity contribution in [1.82, 2.24) is 9.78 Å². The Kier molecular flexibility index (Phi) is 4.11. The number of nitrogens with one attached hydrogen (secondary N) is 1. The Morgan fingerprint density at radius 3 is 2.57 bits per heavy atom. The molecule has 2 heterocycles. The van der Waals surface area contributed by atoms with Crippen LogP contribution >= 0.6 is 0 Å². The number of anilines is 1. The van der Waals surface area contributed by atoms with Crippen LogP contribution in [0.5, 0.6) is 0 Å². The van der Waals surface area contributed by atoms with Gasteiger partial charge >= 0.3 is 0 Å². The predicted octanol–water partition coefficient (Wildman–Crippen LogP) is 1.97. The van der Waals surface area contributed by atoms with Crippen LogP contribution in [0.2, 0.25) is 0 Å². The summed E-state index contributed by atoms with van der Waals surface area (Å²) in [6.45, 7) is 6.66. The number of hydrogen-bond donors (Lipinski definition) is 2. The number of rotatable bonds is 5. The summed E-state index contributed by atoms with van der Waals surface area (Å²) in [7, 11) is -3.84. The Labute approximate surface area is 123 Å². The zero-order valence-corrected chi connectivity index (χ0v) is 13.2. The van der Waals surface area contributed by atoms with Gasteiger partial charge in [-0.05, 0) is 27.7 Å². The quantitative estimate of drug-likeness (QED) is 0.879. The normalized spacial score (nSPS) is 12.1. The van der Waals surface area contributed by atoms with Gasteiger partial charge in [-0.1, -0.05) is 0 Å². The summed E-state index contributed by atoms with van der Waals surface area (Å²) in [5.41, 5.74) is 0.641. The SMILES string of the molecule is Cc1oc(C)c(S(=O)(=O)Nc2cnn(C(C)C)c2)c1CO. The third-order valence-electron chi connectivity index (χ3n) is 3.13. The van der Waals surface area contributed by atoms with Crippen molar-refractivity contribution in [2.45, 2.75) is 45.2 Å². The maximum absolute atomic E-state index is 12.5. The Hall–Kier alpha value is -1.80. The zero-order chi connectivity index (χ0) is 15.8. The summed E-state index contributed by atoms with van der Waals surface area (Å²) in [5.74, 6) is 0.647. The van der Waals surface area contributed by atoms with Crippen LogP contribution in [0, 0.1) is 13.8 Å². The molecule has 116 valence electrons. The smallest absolute Gasteiger partial charge is 0.265 e. The van der Waals surface area contributed by atoms with E-state index in [1.165, 1.54) is 6.20 Å². The molecule has 2 N–H and O–H groups in total. The molecule has 0 spiro atoms. The van der Waals surface area contributed by atoms with Crippen LogP contribution in [0.4, 0.5) is 5.69 Å². The minimum atomic E-state index is -3.84. The van der Waals surface area contributed by atoms with Crippen LogP contribution in [0.3, 0.4) is 0 Å². The highest BCUT2D eigenvalue weighted by Crippen LogP contribution is 2.28. The van der Waals surface area contributed by atoms with Crippen molar-refractivity contribution in [3.63, 3.8) is 0 Å². The van der Waals surface area contributed by atoms with Gasteiger partial charge in [-0.15, -0.1) is 0 Å². The van der Waals surface area contributed by atoms with E-state index in [0.717, 1.165) is 0 Å². The number of furan rings is 1. The molecule has 0 saturated carbocycles. The summed E-state index contributed by atoms with van der Waals surface area (Å²) in [4.78, 5) is -0.0141. The van der Waals surface area contributed by atoms with Crippen LogP contribution in [0.25, 0.3) is 0 Å². The third-order valence-corrected chi connectivity index (χ3v) is 4.71. The van der Waals surface area contributed by atoms with Crippen molar-refractivity contribution in [3.8, 4) is 0 Å². The molecule has 0 bridgehead atoms. The second kappa shape index (κ2) is 5.53. The maximum atomic E-state index is 12.5. The van der Waals surface area contributed by atoms with Crippen molar-refractivity contribution in [2.75, 3.05) is 4.72 Å². The molecule has 0 aromatic carbocycles. The highest BCUT2D eigenvalue weighted by atomic mass is 32.2. The van der Waals surface area contributed by atoms with Crippen molar-refractivity contribution < 1.29 is 17.9 Å². The van der Waals surface area contributed by atoms with Crippen LogP contribution in [-0.2, 0) is 16.6 Å². The molecule has 0 radical (unpaired) electrons. The third kappa shape index (κ3) is 2.96. The number of nitrogens with zero attached hydrogens (tertiary/aromatic N) is 2. The Bertz CT molecular complexity index is 744. The van der Waals surface area contributed by atoms with Crippen LogP contribution < -0.4 is 4.72 Å². The topological polar surface area (TPSA) is 97.4 Å². The number of aromatic nitrogens is 2. The molecule has 8 heteroatoms. The van der Waals surface area contributed by atoms with Gasteiger partial charge in [-0.2, -0.15) is 5.10 Å². The second-order valence-corrected chi connectivity index (χ2v) is 6.71. The first-order valence-electron chi connectivity index (χ1n) is 6.53. The van der Waals surface area contributed by atoms with E-state index in [0.29, 0.717) is 11.4 Å². The highest BCUT2D eigenvalue weighted by molar-refractivity contribution is 7.92. The van der Waals surface area contributed by atoms with Crippen molar-refractivity contribution in [2.24, 2.45) is 0 Å². The fourth-order valence-corrected chi connectivity index (χ4v) is 3.59. The minimum Gasteiger partial charge on any atom is -0.465 e. The molecule has 7 nitrogen and oxygen atoms in total. The first kappa shape index (κ1) is 15.6. The van der Waals surface area contributed by atoms with E-state index < -0.39 is 16.6 Å². The van der Waals surface area contributed by atoms with Crippen LogP contribution in [-0.4, -0.2) is 23.3 Å². The van der Waals surface area contributed by atoms with Gasteiger partial charge in [0.2, 0.25) is 0 Å². The molecular weight excluding hydrogens is 294 g/mol. The lowest BCUT2D eigenvalue weighted by Gasteiger charge is -2.07. The summed E-state index contributed by atoms with van der Waals surface area (Å²) in [6.07, 6.45) is 3.06. The molecule has 0 amide bonds. The summed E-state index contributed by atoms with van der Waals surface area (Å²) < 4.78 is 34.4. The van der Waals surface area contributed by atoms with Gasteiger partial charge < -0.3 is 9.52 Å². The second-order valence-electron chi connectivity index (χ2n) is 5.09. The fraction of sp³-hybridized carbons (Fsp3) is 0.462. The van der Waals surface area contributed by atoms with Gasteiger partial charge in [0.25, 0.3) is 10.0 Å². The summed E-state index contributed by atoms with van der Waals surface area (Å²) >= 11 is 0. The van der Waals surface area contributed by atoms with Crippen LogP contribution in [0.1, 0.15) is 37.0 Å². The lowest BCUT2D eigenvalue weighted by molar-refractivity contribution is 0.276. The molecule has 2 aromatic rings. The molecule has 0 aliphatic rings. The van der Waals surface area contributed by atoms with Gasteiger partial charge in [0.15, 0.2) is 0 Å². The molecule has 0 atom stereocenters. The lowest BCUT2D eigenvalue weighted by Crippen LogP contribution is -2.15. The first-order valence-corrected chi connectivity index (χ1v) is 8.01. The Morgan fingerprint density at radius 1 is 1.38 bits per heavy atom. The van der Waals surface area contributed by atoms with Gasteiger partial charge in [0.1, 0.15) is 16.4 Å². The molecule has 0 aliphatic heterocycles. The number of sulfonamides is 1. The zero-order valence-electron chi connectivity index (χ0n) is 12.4. The summed E-state index contributed by atoms with van der Waals surface area (Å²) in [6, 6.07) is 0.133. The van der Waals surface area contributed by atoms with E-state index in [9.17, 15) is 13.5 Å². The van der Waals surface area contributed by atoms with Crippen molar-refractivity contribution >= 4 is 15.7 Å².